The van der Waals surface area contributed by atoms with Gasteiger partial charge < -0.3 is 9.15 Å². The van der Waals surface area contributed by atoms with E-state index in [4.69, 9.17) is 9.15 Å². The van der Waals surface area contributed by atoms with Crippen molar-refractivity contribution >= 4 is 16.9 Å². The largest absolute Gasteiger partial charge is 0.460 e. The molecular formula is C14H14O4. The lowest BCUT2D eigenvalue weighted by Gasteiger charge is -2.05. The number of benzene rings is 1. The molecule has 0 radical (unpaired) electrons. The molecule has 0 aliphatic heterocycles. The molecule has 0 atom stereocenters. The normalized spacial score (nSPS) is 10.6. The van der Waals surface area contributed by atoms with Crippen LogP contribution in [0.25, 0.3) is 11.0 Å². The summed E-state index contributed by atoms with van der Waals surface area (Å²) in [6.45, 7) is 5.79. The highest BCUT2D eigenvalue weighted by molar-refractivity contribution is 5.89. The number of hydrogen-bond acceptors (Lipinski definition) is 4. The Morgan fingerprint density at radius 2 is 1.89 bits per heavy atom. The maximum Gasteiger partial charge on any atom is 0.374 e. The van der Waals surface area contributed by atoms with E-state index < -0.39 is 5.97 Å². The fraction of sp³-hybridized carbons (Fsp3) is 0.286. The number of hydrogen-bond donors (Lipinski definition) is 0. The van der Waals surface area contributed by atoms with Gasteiger partial charge in [0.2, 0.25) is 5.76 Å². The molecule has 2 rings (SSSR count). The Kier molecular flexibility index (Phi) is 3.19. The minimum absolute atomic E-state index is 0.0578. The van der Waals surface area contributed by atoms with Gasteiger partial charge in [-0.05, 0) is 44.0 Å². The van der Waals surface area contributed by atoms with Gasteiger partial charge in [0, 0.05) is 6.07 Å². The molecule has 94 valence electrons. The van der Waals surface area contributed by atoms with E-state index in [2.05, 4.69) is 0 Å². The summed E-state index contributed by atoms with van der Waals surface area (Å²) >= 11 is 0. The van der Waals surface area contributed by atoms with Gasteiger partial charge in [-0.25, -0.2) is 4.79 Å². The Hall–Kier alpha value is -2.10. The van der Waals surface area contributed by atoms with Crippen LogP contribution in [0, 0.1) is 13.8 Å². The summed E-state index contributed by atoms with van der Waals surface area (Å²) in [6, 6.07) is 4.70. The maximum absolute atomic E-state index is 11.9. The monoisotopic (exact) mass is 246 g/mol. The average molecular weight is 246 g/mol. The molecule has 1 aromatic carbocycles. The van der Waals surface area contributed by atoms with Gasteiger partial charge in [-0.1, -0.05) is 0 Å². The third-order valence-corrected chi connectivity index (χ3v) is 2.82. The van der Waals surface area contributed by atoms with Gasteiger partial charge in [-0.15, -0.1) is 0 Å². The van der Waals surface area contributed by atoms with Crippen molar-refractivity contribution < 1.29 is 13.9 Å². The summed E-state index contributed by atoms with van der Waals surface area (Å²) in [6.07, 6.45) is 0. The van der Waals surface area contributed by atoms with Gasteiger partial charge in [0.15, 0.2) is 5.43 Å². The first-order valence-electron chi connectivity index (χ1n) is 5.75. The van der Waals surface area contributed by atoms with Gasteiger partial charge in [0.1, 0.15) is 5.58 Å². The molecule has 1 heterocycles. The van der Waals surface area contributed by atoms with Crippen LogP contribution in [0.1, 0.15) is 28.6 Å². The van der Waals surface area contributed by atoms with E-state index in [0.717, 1.165) is 11.1 Å². The quantitative estimate of drug-likeness (QED) is 0.764. The zero-order chi connectivity index (χ0) is 13.3. The van der Waals surface area contributed by atoms with Crippen LogP contribution in [0.5, 0.6) is 0 Å². The first-order chi connectivity index (χ1) is 8.52. The topological polar surface area (TPSA) is 56.5 Å². The number of carbonyl (C=O) groups excluding carboxylic acids is 1. The van der Waals surface area contributed by atoms with E-state index in [9.17, 15) is 9.59 Å². The molecule has 18 heavy (non-hydrogen) atoms. The first-order valence-corrected chi connectivity index (χ1v) is 5.75. The number of carbonyl (C=O) groups is 1. The highest BCUT2D eigenvalue weighted by Gasteiger charge is 2.13. The van der Waals surface area contributed by atoms with E-state index >= 15 is 0 Å². The van der Waals surface area contributed by atoms with Crippen molar-refractivity contribution in [1.82, 2.24) is 0 Å². The predicted octanol–water partition coefficient (Wildman–Crippen LogP) is 2.59. The molecule has 0 amide bonds. The van der Waals surface area contributed by atoms with Crippen molar-refractivity contribution in [2.75, 3.05) is 6.61 Å². The molecule has 4 heteroatoms. The standard InChI is InChI=1S/C14H14O4/c1-4-17-14(16)13-7-11(15)10-5-8(2)9(3)6-12(10)18-13/h5-7H,4H2,1-3H3. The Morgan fingerprint density at radius 3 is 2.56 bits per heavy atom. The molecular weight excluding hydrogens is 232 g/mol. The van der Waals surface area contributed by atoms with E-state index in [0.29, 0.717) is 11.0 Å². The highest BCUT2D eigenvalue weighted by Crippen LogP contribution is 2.18. The lowest BCUT2D eigenvalue weighted by Crippen LogP contribution is -2.10. The SMILES string of the molecule is CCOC(=O)c1cc(=O)c2cc(C)c(C)cc2o1. The van der Waals surface area contributed by atoms with Crippen molar-refractivity contribution in [2.24, 2.45) is 0 Å². The number of ether oxygens (including phenoxy) is 1. The summed E-state index contributed by atoms with van der Waals surface area (Å²) < 4.78 is 10.2. The Balaban J connectivity index is 2.65. The second-order valence-electron chi connectivity index (χ2n) is 4.13. The summed E-state index contributed by atoms with van der Waals surface area (Å²) in [5.74, 6) is -0.674. The molecule has 1 aromatic heterocycles. The van der Waals surface area contributed by atoms with Gasteiger partial charge in [-0.2, -0.15) is 0 Å². The number of rotatable bonds is 2. The van der Waals surface area contributed by atoms with Crippen LogP contribution in [-0.4, -0.2) is 12.6 Å². The van der Waals surface area contributed by atoms with Crippen molar-refractivity contribution in [1.29, 1.82) is 0 Å². The second-order valence-corrected chi connectivity index (χ2v) is 4.13. The lowest BCUT2D eigenvalue weighted by molar-refractivity contribution is 0.0490. The molecule has 0 unspecified atom stereocenters. The minimum Gasteiger partial charge on any atom is -0.460 e. The highest BCUT2D eigenvalue weighted by atomic mass is 16.5. The van der Waals surface area contributed by atoms with Crippen LogP contribution < -0.4 is 5.43 Å². The Bertz CT molecular complexity index is 667. The first kappa shape index (κ1) is 12.4. The van der Waals surface area contributed by atoms with Crippen molar-refractivity contribution in [3.63, 3.8) is 0 Å². The zero-order valence-corrected chi connectivity index (χ0v) is 10.6. The van der Waals surface area contributed by atoms with Crippen LogP contribution in [0.4, 0.5) is 0 Å². The van der Waals surface area contributed by atoms with Crippen LogP contribution in [-0.2, 0) is 4.74 Å². The van der Waals surface area contributed by atoms with Crippen LogP contribution >= 0.6 is 0 Å². The van der Waals surface area contributed by atoms with Gasteiger partial charge in [0.05, 0.1) is 12.0 Å². The number of esters is 1. The van der Waals surface area contributed by atoms with Gasteiger partial charge >= 0.3 is 5.97 Å². The molecule has 0 aliphatic rings. The average Bonchev–Trinajstić information content (AvgIpc) is 2.32. The van der Waals surface area contributed by atoms with E-state index in [1.54, 1.807) is 19.1 Å². The lowest BCUT2D eigenvalue weighted by atomic mass is 10.1. The zero-order valence-electron chi connectivity index (χ0n) is 10.6. The van der Waals surface area contributed by atoms with Crippen molar-refractivity contribution in [2.45, 2.75) is 20.8 Å². The smallest absolute Gasteiger partial charge is 0.374 e. The summed E-state index contributed by atoms with van der Waals surface area (Å²) in [5.41, 5.74) is 2.20. The maximum atomic E-state index is 11.9. The van der Waals surface area contributed by atoms with Crippen molar-refractivity contribution in [3.8, 4) is 0 Å². The molecule has 0 spiro atoms. The molecule has 4 nitrogen and oxygen atoms in total. The summed E-state index contributed by atoms with van der Waals surface area (Å²) in [7, 11) is 0. The third-order valence-electron chi connectivity index (χ3n) is 2.82. The predicted molar refractivity (Wildman–Crippen MR) is 67.9 cm³/mol. The third kappa shape index (κ3) is 2.14. The van der Waals surface area contributed by atoms with E-state index in [-0.39, 0.29) is 17.8 Å². The van der Waals surface area contributed by atoms with Crippen LogP contribution in [0.2, 0.25) is 0 Å². The van der Waals surface area contributed by atoms with Gasteiger partial charge in [-0.3, -0.25) is 4.79 Å². The number of aryl methyl sites for hydroxylation is 2. The van der Waals surface area contributed by atoms with Gasteiger partial charge in [0.25, 0.3) is 0 Å². The Morgan fingerprint density at radius 1 is 1.22 bits per heavy atom. The summed E-state index contributed by atoms with van der Waals surface area (Å²) in [5, 5.41) is 0.478. The molecule has 0 aliphatic carbocycles. The molecule has 2 aromatic rings. The fourth-order valence-corrected chi connectivity index (χ4v) is 1.71. The van der Waals surface area contributed by atoms with Crippen LogP contribution in [0.3, 0.4) is 0 Å². The summed E-state index contributed by atoms with van der Waals surface area (Å²) in [4.78, 5) is 23.4. The van der Waals surface area contributed by atoms with Crippen LogP contribution in [0.15, 0.2) is 27.4 Å². The minimum atomic E-state index is -0.616. The molecule has 0 saturated carbocycles. The fourth-order valence-electron chi connectivity index (χ4n) is 1.71. The molecule has 0 bridgehead atoms. The molecule has 0 fully saturated rings. The van der Waals surface area contributed by atoms with E-state index in [1.807, 2.05) is 13.8 Å². The second kappa shape index (κ2) is 4.64. The molecule has 0 N–H and O–H groups in total. The van der Waals surface area contributed by atoms with Crippen molar-refractivity contribution in [3.05, 3.63) is 45.3 Å². The Labute approximate surface area is 104 Å². The van der Waals surface area contributed by atoms with E-state index in [1.165, 1.54) is 6.07 Å². The number of fused-ring (bicyclic) bond motifs is 1. The molecule has 0 saturated heterocycles.